The molecule has 6 nitrogen and oxygen atoms in total. The fraction of sp³-hybridized carbons (Fsp3) is 0.292. The summed E-state index contributed by atoms with van der Waals surface area (Å²) in [6.45, 7) is 1.60. The van der Waals surface area contributed by atoms with Gasteiger partial charge in [0.05, 0.1) is 18.4 Å². The van der Waals surface area contributed by atoms with E-state index in [9.17, 15) is 14.9 Å². The lowest BCUT2D eigenvalue weighted by Gasteiger charge is -2.31. The van der Waals surface area contributed by atoms with Crippen LogP contribution in [0.2, 0.25) is 0 Å². The second-order valence-electron chi connectivity index (χ2n) is 7.31. The number of nitrogens with zero attached hydrogens (tertiary/aromatic N) is 2. The molecule has 154 valence electrons. The van der Waals surface area contributed by atoms with Crippen LogP contribution in [-0.4, -0.2) is 37.0 Å². The highest BCUT2D eigenvalue weighted by molar-refractivity contribution is 6.09. The van der Waals surface area contributed by atoms with Crippen LogP contribution >= 0.6 is 0 Å². The number of benzene rings is 2. The zero-order valence-corrected chi connectivity index (χ0v) is 17.0. The first kappa shape index (κ1) is 21.1. The first-order valence-electron chi connectivity index (χ1n) is 9.99. The van der Waals surface area contributed by atoms with Crippen molar-refractivity contribution in [3.8, 4) is 6.07 Å². The molecule has 0 unspecified atom stereocenters. The molecule has 1 fully saturated rings. The van der Waals surface area contributed by atoms with Crippen molar-refractivity contribution in [2.45, 2.75) is 19.3 Å². The molecule has 2 aromatic carbocycles. The van der Waals surface area contributed by atoms with Gasteiger partial charge in [-0.05, 0) is 42.9 Å². The van der Waals surface area contributed by atoms with E-state index < -0.39 is 11.9 Å². The van der Waals surface area contributed by atoms with E-state index in [4.69, 9.17) is 4.74 Å². The summed E-state index contributed by atoms with van der Waals surface area (Å²) in [5.41, 5.74) is 1.91. The van der Waals surface area contributed by atoms with Crippen LogP contribution in [-0.2, 0) is 16.0 Å². The van der Waals surface area contributed by atoms with E-state index in [0.29, 0.717) is 11.6 Å². The molecule has 1 aliphatic heterocycles. The molecular formula is C24H25N3O3. The van der Waals surface area contributed by atoms with Gasteiger partial charge in [-0.3, -0.25) is 4.79 Å². The van der Waals surface area contributed by atoms with Gasteiger partial charge in [-0.15, -0.1) is 0 Å². The molecule has 0 saturated carbocycles. The maximum Gasteiger partial charge on any atom is 0.339 e. The largest absolute Gasteiger partial charge is 0.465 e. The van der Waals surface area contributed by atoms with Gasteiger partial charge in [-0.1, -0.05) is 42.5 Å². The van der Waals surface area contributed by atoms with Crippen LogP contribution in [0, 0.1) is 17.2 Å². The molecule has 0 radical (unpaired) electrons. The maximum absolute atomic E-state index is 12.6. The smallest absolute Gasteiger partial charge is 0.339 e. The van der Waals surface area contributed by atoms with Gasteiger partial charge >= 0.3 is 5.97 Å². The number of methoxy groups -OCH3 is 1. The summed E-state index contributed by atoms with van der Waals surface area (Å²) in [6, 6.07) is 19.0. The number of hydrogen-bond donors (Lipinski definition) is 1. The van der Waals surface area contributed by atoms with Gasteiger partial charge in [-0.2, -0.15) is 5.26 Å². The van der Waals surface area contributed by atoms with Crippen LogP contribution in [0.4, 0.5) is 5.69 Å². The molecule has 0 aliphatic carbocycles. The van der Waals surface area contributed by atoms with E-state index in [1.807, 2.05) is 17.0 Å². The third-order valence-corrected chi connectivity index (χ3v) is 5.27. The Labute approximate surface area is 176 Å². The predicted octanol–water partition coefficient (Wildman–Crippen LogP) is 3.77. The first-order valence-corrected chi connectivity index (χ1v) is 9.99. The minimum Gasteiger partial charge on any atom is -0.465 e. The minimum absolute atomic E-state index is 0.0104. The van der Waals surface area contributed by atoms with Gasteiger partial charge in [-0.25, -0.2) is 4.79 Å². The van der Waals surface area contributed by atoms with Gasteiger partial charge in [0.25, 0.3) is 5.91 Å². The highest BCUT2D eigenvalue weighted by atomic mass is 16.5. The van der Waals surface area contributed by atoms with Gasteiger partial charge in [0.15, 0.2) is 0 Å². The first-order chi connectivity index (χ1) is 14.6. The molecule has 2 aromatic rings. The van der Waals surface area contributed by atoms with Crippen LogP contribution in [0.3, 0.4) is 0 Å². The monoisotopic (exact) mass is 403 g/mol. The zero-order chi connectivity index (χ0) is 21.3. The number of anilines is 1. The molecule has 1 N–H and O–H groups in total. The van der Waals surface area contributed by atoms with Crippen LogP contribution in [0.5, 0.6) is 0 Å². The van der Waals surface area contributed by atoms with Crippen molar-refractivity contribution in [1.82, 2.24) is 4.90 Å². The molecule has 3 rings (SSSR count). The lowest BCUT2D eigenvalue weighted by atomic mass is 9.90. The SMILES string of the molecule is COC(=O)c1ccccc1NC(=O)/C(C#N)=C\N1CCC(Cc2ccccc2)CC1. The Morgan fingerprint density at radius 3 is 2.47 bits per heavy atom. The normalized spacial score (nSPS) is 14.7. The Balaban J connectivity index is 1.60. The van der Waals surface area contributed by atoms with Crippen LogP contribution < -0.4 is 5.32 Å². The van der Waals surface area contributed by atoms with Gasteiger partial charge in [0.2, 0.25) is 0 Å². The summed E-state index contributed by atoms with van der Waals surface area (Å²) in [5.74, 6) is -0.488. The number of para-hydroxylation sites is 1. The number of nitrogens with one attached hydrogen (secondary N) is 1. The quantitative estimate of drug-likeness (QED) is 0.451. The van der Waals surface area contributed by atoms with Gasteiger partial charge in [0, 0.05) is 19.3 Å². The van der Waals surface area contributed by atoms with E-state index in [1.54, 1.807) is 30.5 Å². The lowest BCUT2D eigenvalue weighted by molar-refractivity contribution is -0.112. The van der Waals surface area contributed by atoms with Crippen molar-refractivity contribution < 1.29 is 14.3 Å². The fourth-order valence-electron chi connectivity index (χ4n) is 3.62. The predicted molar refractivity (Wildman–Crippen MR) is 115 cm³/mol. The van der Waals surface area contributed by atoms with E-state index >= 15 is 0 Å². The van der Waals surface area contributed by atoms with Gasteiger partial charge in [0.1, 0.15) is 11.6 Å². The number of rotatable bonds is 6. The van der Waals surface area contributed by atoms with Crippen LogP contribution in [0.1, 0.15) is 28.8 Å². The second kappa shape index (κ2) is 10.3. The average Bonchev–Trinajstić information content (AvgIpc) is 2.79. The van der Waals surface area contributed by atoms with Crippen molar-refractivity contribution >= 4 is 17.6 Å². The minimum atomic E-state index is -0.547. The number of carbonyl (C=O) groups is 2. The number of likely N-dealkylation sites (tertiary alicyclic amines) is 1. The summed E-state index contributed by atoms with van der Waals surface area (Å²) in [5, 5.41) is 12.1. The summed E-state index contributed by atoms with van der Waals surface area (Å²) in [6.07, 6.45) is 4.69. The Hall–Kier alpha value is -3.59. The third kappa shape index (κ3) is 5.48. The molecule has 1 aliphatic rings. The molecule has 6 heteroatoms. The molecule has 0 bridgehead atoms. The Kier molecular flexibility index (Phi) is 7.23. The molecule has 1 saturated heterocycles. The number of hydrogen-bond acceptors (Lipinski definition) is 5. The third-order valence-electron chi connectivity index (χ3n) is 5.27. The fourth-order valence-corrected chi connectivity index (χ4v) is 3.62. The van der Waals surface area contributed by atoms with Crippen molar-refractivity contribution in [1.29, 1.82) is 5.26 Å². The molecular weight excluding hydrogens is 378 g/mol. The number of piperidine rings is 1. The zero-order valence-electron chi connectivity index (χ0n) is 17.0. The van der Waals surface area contributed by atoms with E-state index in [1.165, 1.54) is 12.7 Å². The maximum atomic E-state index is 12.6. The summed E-state index contributed by atoms with van der Waals surface area (Å²) in [7, 11) is 1.28. The summed E-state index contributed by atoms with van der Waals surface area (Å²) >= 11 is 0. The molecule has 0 aromatic heterocycles. The lowest BCUT2D eigenvalue weighted by Crippen LogP contribution is -2.31. The van der Waals surface area contributed by atoms with Crippen molar-refractivity contribution in [3.05, 3.63) is 77.5 Å². The Morgan fingerprint density at radius 1 is 1.13 bits per heavy atom. The number of carbonyl (C=O) groups excluding carboxylic acids is 2. The van der Waals surface area contributed by atoms with Crippen LogP contribution in [0.25, 0.3) is 0 Å². The van der Waals surface area contributed by atoms with Crippen LogP contribution in [0.15, 0.2) is 66.4 Å². The number of ether oxygens (including phenoxy) is 1. The van der Waals surface area contributed by atoms with Gasteiger partial charge < -0.3 is 15.0 Å². The second-order valence-corrected chi connectivity index (χ2v) is 7.31. The molecule has 30 heavy (non-hydrogen) atoms. The van der Waals surface area contributed by atoms with Crippen molar-refractivity contribution in [2.75, 3.05) is 25.5 Å². The highest BCUT2D eigenvalue weighted by Gasteiger charge is 2.20. The topological polar surface area (TPSA) is 82.4 Å². The van der Waals surface area contributed by atoms with Crippen molar-refractivity contribution in [2.24, 2.45) is 5.92 Å². The molecule has 0 atom stereocenters. The molecule has 1 amide bonds. The number of amides is 1. The molecule has 1 heterocycles. The Bertz CT molecular complexity index is 955. The van der Waals surface area contributed by atoms with E-state index in [-0.39, 0.29) is 11.1 Å². The van der Waals surface area contributed by atoms with E-state index in [2.05, 4.69) is 29.6 Å². The van der Waals surface area contributed by atoms with Crippen molar-refractivity contribution in [3.63, 3.8) is 0 Å². The molecule has 0 spiro atoms. The number of esters is 1. The van der Waals surface area contributed by atoms with E-state index in [0.717, 1.165) is 32.4 Å². The standard InChI is InChI=1S/C24H25N3O3/c1-30-24(29)21-9-5-6-10-22(21)26-23(28)20(16-25)17-27-13-11-19(12-14-27)15-18-7-3-2-4-8-18/h2-10,17,19H,11-15H2,1H3,(H,26,28)/b20-17-. The summed E-state index contributed by atoms with van der Waals surface area (Å²) in [4.78, 5) is 26.5. The Morgan fingerprint density at radius 2 is 1.80 bits per heavy atom. The number of nitriles is 1. The highest BCUT2D eigenvalue weighted by Crippen LogP contribution is 2.23. The average molecular weight is 403 g/mol. The summed E-state index contributed by atoms with van der Waals surface area (Å²) < 4.78 is 4.74.